The highest BCUT2D eigenvalue weighted by atomic mass is 28.4. The lowest BCUT2D eigenvalue weighted by Gasteiger charge is -2.45. The van der Waals surface area contributed by atoms with E-state index < -0.39 is 22.4 Å². The summed E-state index contributed by atoms with van der Waals surface area (Å²) in [5.74, 6) is -0.642. The van der Waals surface area contributed by atoms with Gasteiger partial charge in [-0.05, 0) is 49.6 Å². The van der Waals surface area contributed by atoms with E-state index in [9.17, 15) is 0 Å². The molecule has 0 bridgehead atoms. The predicted molar refractivity (Wildman–Crippen MR) is 127 cm³/mol. The molecule has 0 radical (unpaired) electrons. The average Bonchev–Trinajstić information content (AvgIpc) is 2.56. The van der Waals surface area contributed by atoms with Crippen LogP contribution < -0.4 is 0 Å². The van der Waals surface area contributed by atoms with Crippen molar-refractivity contribution in [2.45, 2.75) is 68.7 Å². The number of hydrogen-bond donors (Lipinski definition) is 0. The lowest BCUT2D eigenvalue weighted by atomic mass is 10.2. The van der Waals surface area contributed by atoms with Crippen molar-refractivity contribution < 1.29 is 8.85 Å². The van der Waals surface area contributed by atoms with Gasteiger partial charge in [-0.3, -0.25) is 0 Å². The van der Waals surface area contributed by atoms with Crippen LogP contribution in [-0.4, -0.2) is 22.4 Å². The maximum absolute atomic E-state index is 6.92. The van der Waals surface area contributed by atoms with Crippen molar-refractivity contribution in [3.05, 3.63) is 75.9 Å². The van der Waals surface area contributed by atoms with E-state index in [2.05, 4.69) is 53.3 Å². The van der Waals surface area contributed by atoms with Crippen LogP contribution in [0.3, 0.4) is 0 Å². The third-order valence-corrected chi connectivity index (χ3v) is 12.6. The summed E-state index contributed by atoms with van der Waals surface area (Å²) >= 11 is 0. The topological polar surface area (TPSA) is 18.5 Å². The molecular weight excluding hydrogens is 364 g/mol. The normalized spacial score (nSPS) is 12.2. The zero-order valence-electron chi connectivity index (χ0n) is 17.7. The van der Waals surface area contributed by atoms with Crippen molar-refractivity contribution in [3.8, 4) is 0 Å². The predicted octanol–water partition coefficient (Wildman–Crippen LogP) is 7.54. The van der Waals surface area contributed by atoms with Crippen molar-refractivity contribution in [1.82, 2.24) is 0 Å². The van der Waals surface area contributed by atoms with Crippen LogP contribution in [-0.2, 0) is 8.85 Å². The van der Waals surface area contributed by atoms with Gasteiger partial charge < -0.3 is 8.85 Å². The van der Waals surface area contributed by atoms with Crippen LogP contribution in [0.15, 0.2) is 75.9 Å². The summed E-state index contributed by atoms with van der Waals surface area (Å²) in [6.45, 7) is 28.0. The van der Waals surface area contributed by atoms with E-state index in [4.69, 9.17) is 8.85 Å². The molecule has 0 spiro atoms. The molecule has 0 rings (SSSR count). The van der Waals surface area contributed by atoms with Gasteiger partial charge in [0.15, 0.2) is 0 Å². The summed E-state index contributed by atoms with van der Waals surface area (Å²) in [7, 11) is -4.34. The number of hydrogen-bond acceptors (Lipinski definition) is 2. The van der Waals surface area contributed by atoms with Gasteiger partial charge in [0.2, 0.25) is 16.6 Å². The second-order valence-electron chi connectivity index (χ2n) is 7.41. The molecule has 0 heterocycles. The Morgan fingerprint density at radius 1 is 0.630 bits per heavy atom. The highest BCUT2D eigenvalue weighted by Gasteiger charge is 2.45. The smallest absolute Gasteiger partial charge is 0.207 e. The zero-order chi connectivity index (χ0) is 20.8. The Bertz CT molecular complexity index is 417. The summed E-state index contributed by atoms with van der Waals surface area (Å²) in [6.07, 6.45) is 13.6. The zero-order valence-corrected chi connectivity index (χ0v) is 19.7. The highest BCUT2D eigenvalue weighted by molar-refractivity contribution is 6.76. The van der Waals surface area contributed by atoms with E-state index in [0.717, 1.165) is 49.1 Å². The first kappa shape index (κ1) is 25.8. The summed E-state index contributed by atoms with van der Waals surface area (Å²) in [5.41, 5.74) is 0. The Morgan fingerprint density at radius 3 is 1.07 bits per heavy atom. The maximum Gasteiger partial charge on any atom is 0.207 e. The minimum atomic E-state index is -2.17. The third kappa shape index (κ3) is 8.56. The molecule has 0 N–H and O–H groups in total. The summed E-state index contributed by atoms with van der Waals surface area (Å²) < 4.78 is 13.8. The largest absolute Gasteiger partial charge is 0.390 e. The standard InChI is InChI=1S/C23H40O2Si2/c1-9-16-23(8,24-26(17-10-2,18-11-3)19-12-4)25-27(20-13-5,21-14-6)22-15-7/h10-15H,2-7,9,16-22H2,1,8H3. The van der Waals surface area contributed by atoms with Crippen LogP contribution in [0, 0.1) is 0 Å². The maximum atomic E-state index is 6.92. The van der Waals surface area contributed by atoms with Gasteiger partial charge in [-0.15, -0.1) is 39.5 Å². The molecule has 0 fully saturated rings. The Kier molecular flexibility index (Phi) is 12.5. The van der Waals surface area contributed by atoms with Crippen molar-refractivity contribution in [2.75, 3.05) is 0 Å². The molecule has 0 saturated carbocycles. The fourth-order valence-corrected chi connectivity index (χ4v) is 10.7. The Labute approximate surface area is 170 Å². The average molecular weight is 405 g/mol. The van der Waals surface area contributed by atoms with Crippen LogP contribution in [0.4, 0.5) is 0 Å². The van der Waals surface area contributed by atoms with Crippen LogP contribution in [0.25, 0.3) is 0 Å². The summed E-state index contributed by atoms with van der Waals surface area (Å²) in [6, 6.07) is 5.12. The molecule has 0 aliphatic heterocycles. The quantitative estimate of drug-likeness (QED) is 0.133. The molecule has 0 aromatic heterocycles. The number of allylic oxidation sites excluding steroid dienone is 6. The van der Waals surface area contributed by atoms with Gasteiger partial charge in [0.05, 0.1) is 0 Å². The van der Waals surface area contributed by atoms with Gasteiger partial charge in [0.1, 0.15) is 5.79 Å². The minimum absolute atomic E-state index is 0.642. The van der Waals surface area contributed by atoms with Crippen LogP contribution in [0.1, 0.15) is 26.7 Å². The molecule has 0 aromatic rings. The molecule has 152 valence electrons. The summed E-state index contributed by atoms with van der Waals surface area (Å²) in [5, 5.41) is 0. The molecule has 2 nitrogen and oxygen atoms in total. The van der Waals surface area contributed by atoms with E-state index in [1.54, 1.807) is 0 Å². The lowest BCUT2D eigenvalue weighted by Crippen LogP contribution is -2.53. The first-order valence-corrected chi connectivity index (χ1v) is 15.0. The van der Waals surface area contributed by atoms with E-state index in [1.807, 2.05) is 36.5 Å². The van der Waals surface area contributed by atoms with Crippen molar-refractivity contribution >= 4 is 16.6 Å². The molecule has 0 amide bonds. The molecule has 0 aliphatic rings. The van der Waals surface area contributed by atoms with Gasteiger partial charge in [-0.2, -0.15) is 0 Å². The molecule has 0 unspecified atom stereocenters. The molecule has 0 aliphatic carbocycles. The van der Waals surface area contributed by atoms with Crippen molar-refractivity contribution in [3.63, 3.8) is 0 Å². The summed E-state index contributed by atoms with van der Waals surface area (Å²) in [4.78, 5) is 0. The van der Waals surface area contributed by atoms with E-state index in [0.29, 0.717) is 0 Å². The Hall–Kier alpha value is -1.21. The van der Waals surface area contributed by atoms with Gasteiger partial charge in [-0.1, -0.05) is 49.8 Å². The second kappa shape index (κ2) is 13.1. The van der Waals surface area contributed by atoms with Crippen molar-refractivity contribution in [2.24, 2.45) is 0 Å². The van der Waals surface area contributed by atoms with Gasteiger partial charge in [0, 0.05) is 0 Å². The first-order chi connectivity index (χ1) is 12.8. The fraction of sp³-hybridized carbons (Fsp3) is 0.478. The Morgan fingerprint density at radius 2 is 0.889 bits per heavy atom. The van der Waals surface area contributed by atoms with Gasteiger partial charge >= 0.3 is 0 Å². The fourth-order valence-electron chi connectivity index (χ4n) is 3.82. The third-order valence-electron chi connectivity index (χ3n) is 4.67. The SMILES string of the molecule is C=CC[Si](CC=C)(CC=C)OC(C)(CCC)O[Si](CC=C)(CC=C)CC=C. The monoisotopic (exact) mass is 404 g/mol. The molecule has 4 heteroatoms. The van der Waals surface area contributed by atoms with Gasteiger partial charge in [-0.25, -0.2) is 0 Å². The van der Waals surface area contributed by atoms with Crippen LogP contribution >= 0.6 is 0 Å². The molecule has 27 heavy (non-hydrogen) atoms. The van der Waals surface area contributed by atoms with E-state index in [-0.39, 0.29) is 0 Å². The Balaban J connectivity index is 5.99. The van der Waals surface area contributed by atoms with Gasteiger partial charge in [0.25, 0.3) is 0 Å². The van der Waals surface area contributed by atoms with Crippen LogP contribution in [0.5, 0.6) is 0 Å². The lowest BCUT2D eigenvalue weighted by molar-refractivity contribution is -0.120. The first-order valence-electron chi connectivity index (χ1n) is 9.90. The van der Waals surface area contributed by atoms with Crippen LogP contribution in [0.2, 0.25) is 36.3 Å². The van der Waals surface area contributed by atoms with E-state index >= 15 is 0 Å². The molecule has 0 atom stereocenters. The van der Waals surface area contributed by atoms with Crippen molar-refractivity contribution in [1.29, 1.82) is 0 Å². The molecule has 0 aromatic carbocycles. The molecule has 0 saturated heterocycles. The highest BCUT2D eigenvalue weighted by Crippen LogP contribution is 2.37. The second-order valence-corrected chi connectivity index (χ2v) is 15.0. The van der Waals surface area contributed by atoms with E-state index in [1.165, 1.54) is 0 Å². The number of rotatable bonds is 18. The molecular formula is C23H40O2Si2. The minimum Gasteiger partial charge on any atom is -0.390 e.